The minimum atomic E-state index is -0.432. The average molecular weight is 265 g/mol. The van der Waals surface area contributed by atoms with Crippen LogP contribution < -0.4 is 10.5 Å². The number of halogens is 1. The molecule has 0 amide bonds. The lowest BCUT2D eigenvalue weighted by molar-refractivity contribution is 0.201. The molecule has 0 spiro atoms. The number of anilines is 1. The van der Waals surface area contributed by atoms with Crippen molar-refractivity contribution in [3.05, 3.63) is 29.7 Å². The minimum absolute atomic E-state index is 0.198. The molecule has 0 radical (unpaired) electrons. The van der Waals surface area contributed by atoms with E-state index in [0.717, 1.165) is 5.69 Å². The first-order chi connectivity index (χ1) is 9.17. The second kappa shape index (κ2) is 5.71. The van der Waals surface area contributed by atoms with Crippen LogP contribution in [-0.2, 0) is 11.2 Å². The number of ether oxygens (including phenoxy) is 2. The Kier molecular flexibility index (Phi) is 4.01. The molecule has 5 nitrogen and oxygen atoms in total. The third-order valence-electron chi connectivity index (χ3n) is 2.87. The van der Waals surface area contributed by atoms with Crippen molar-refractivity contribution in [3.8, 4) is 16.9 Å². The van der Waals surface area contributed by atoms with Gasteiger partial charge in [0.15, 0.2) is 17.4 Å². The van der Waals surface area contributed by atoms with Gasteiger partial charge in [0.05, 0.1) is 13.7 Å². The van der Waals surface area contributed by atoms with Crippen LogP contribution in [0.3, 0.4) is 0 Å². The number of benzene rings is 1. The molecule has 1 heterocycles. The van der Waals surface area contributed by atoms with Gasteiger partial charge in [-0.25, -0.2) is 4.39 Å². The highest BCUT2D eigenvalue weighted by Gasteiger charge is 2.14. The van der Waals surface area contributed by atoms with E-state index < -0.39 is 5.82 Å². The monoisotopic (exact) mass is 265 g/mol. The summed E-state index contributed by atoms with van der Waals surface area (Å²) in [5, 5.41) is 6.81. The highest BCUT2D eigenvalue weighted by Crippen LogP contribution is 2.31. The van der Waals surface area contributed by atoms with Gasteiger partial charge >= 0.3 is 0 Å². The number of aromatic amines is 1. The fourth-order valence-corrected chi connectivity index (χ4v) is 1.92. The van der Waals surface area contributed by atoms with Gasteiger partial charge in [-0.15, -0.1) is 0 Å². The molecule has 0 bridgehead atoms. The maximum Gasteiger partial charge on any atom is 0.165 e. The number of nitrogens with zero attached hydrogens (tertiary/aromatic N) is 1. The van der Waals surface area contributed by atoms with Crippen molar-refractivity contribution in [2.45, 2.75) is 6.42 Å². The fourth-order valence-electron chi connectivity index (χ4n) is 1.92. The van der Waals surface area contributed by atoms with E-state index in [9.17, 15) is 4.39 Å². The summed E-state index contributed by atoms with van der Waals surface area (Å²) in [5.74, 6) is 0.109. The standard InChI is InChI=1S/C13H16FN3O2/c1-18-6-5-10-12(13(15)17-16-10)8-3-4-11(19-2)9(14)7-8/h3-4,7H,5-6H2,1-2H3,(H3,15,16,17). The van der Waals surface area contributed by atoms with E-state index in [0.29, 0.717) is 30.0 Å². The molecule has 0 unspecified atom stereocenters. The highest BCUT2D eigenvalue weighted by atomic mass is 19.1. The molecule has 0 aliphatic heterocycles. The molecule has 1 aromatic heterocycles. The first-order valence-electron chi connectivity index (χ1n) is 5.83. The zero-order valence-electron chi connectivity index (χ0n) is 10.9. The number of hydrogen-bond donors (Lipinski definition) is 2. The van der Waals surface area contributed by atoms with Crippen LogP contribution in [0.4, 0.5) is 10.2 Å². The Balaban J connectivity index is 2.40. The van der Waals surface area contributed by atoms with E-state index in [1.54, 1.807) is 19.2 Å². The molecule has 0 aliphatic carbocycles. The number of hydrogen-bond acceptors (Lipinski definition) is 4. The molecule has 1 aromatic carbocycles. The molecule has 2 aromatic rings. The minimum Gasteiger partial charge on any atom is -0.494 e. The summed E-state index contributed by atoms with van der Waals surface area (Å²) in [4.78, 5) is 0. The van der Waals surface area contributed by atoms with Gasteiger partial charge in [-0.2, -0.15) is 5.10 Å². The van der Waals surface area contributed by atoms with Gasteiger partial charge in [0, 0.05) is 24.8 Å². The second-order valence-corrected chi connectivity index (χ2v) is 4.05. The Hall–Kier alpha value is -2.08. The fraction of sp³-hybridized carbons (Fsp3) is 0.308. The molecule has 102 valence electrons. The van der Waals surface area contributed by atoms with Crippen LogP contribution in [-0.4, -0.2) is 31.0 Å². The zero-order chi connectivity index (χ0) is 13.8. The van der Waals surface area contributed by atoms with E-state index in [2.05, 4.69) is 10.2 Å². The van der Waals surface area contributed by atoms with Gasteiger partial charge in [-0.1, -0.05) is 6.07 Å². The van der Waals surface area contributed by atoms with Crippen LogP contribution in [0, 0.1) is 5.82 Å². The van der Waals surface area contributed by atoms with Crippen LogP contribution >= 0.6 is 0 Å². The maximum atomic E-state index is 13.7. The van der Waals surface area contributed by atoms with E-state index in [1.165, 1.54) is 13.2 Å². The van der Waals surface area contributed by atoms with Gasteiger partial charge < -0.3 is 15.2 Å². The molecule has 19 heavy (non-hydrogen) atoms. The Morgan fingerprint density at radius 2 is 2.16 bits per heavy atom. The molecule has 0 fully saturated rings. The van der Waals surface area contributed by atoms with Crippen molar-refractivity contribution in [1.29, 1.82) is 0 Å². The van der Waals surface area contributed by atoms with E-state index in [4.69, 9.17) is 15.2 Å². The van der Waals surface area contributed by atoms with Crippen molar-refractivity contribution in [3.63, 3.8) is 0 Å². The number of nitrogens with one attached hydrogen (secondary N) is 1. The van der Waals surface area contributed by atoms with Crippen LogP contribution in [0.2, 0.25) is 0 Å². The largest absolute Gasteiger partial charge is 0.494 e. The lowest BCUT2D eigenvalue weighted by Gasteiger charge is -2.07. The Morgan fingerprint density at radius 1 is 1.37 bits per heavy atom. The first-order valence-corrected chi connectivity index (χ1v) is 5.83. The Bertz CT molecular complexity index is 569. The second-order valence-electron chi connectivity index (χ2n) is 4.05. The predicted molar refractivity (Wildman–Crippen MR) is 70.5 cm³/mol. The van der Waals surface area contributed by atoms with Gasteiger partial charge in [-0.3, -0.25) is 5.10 Å². The van der Waals surface area contributed by atoms with Crippen molar-refractivity contribution < 1.29 is 13.9 Å². The summed E-state index contributed by atoms with van der Waals surface area (Å²) >= 11 is 0. The molecular weight excluding hydrogens is 249 g/mol. The quantitative estimate of drug-likeness (QED) is 0.867. The number of H-pyrrole nitrogens is 1. The van der Waals surface area contributed by atoms with Crippen molar-refractivity contribution in [1.82, 2.24) is 10.2 Å². The lowest BCUT2D eigenvalue weighted by atomic mass is 10.0. The Labute approximate surface area is 110 Å². The molecule has 0 saturated heterocycles. The summed E-state index contributed by atoms with van der Waals surface area (Å²) < 4.78 is 23.7. The van der Waals surface area contributed by atoms with Crippen LogP contribution in [0.15, 0.2) is 18.2 Å². The SMILES string of the molecule is COCCc1[nH]nc(N)c1-c1ccc(OC)c(F)c1. The number of nitrogens with two attached hydrogens (primary N) is 1. The molecule has 3 N–H and O–H groups in total. The summed E-state index contributed by atoms with van der Waals surface area (Å²) in [5.41, 5.74) is 8.02. The van der Waals surface area contributed by atoms with Gasteiger partial charge in [0.1, 0.15) is 0 Å². The molecular formula is C13H16FN3O2. The normalized spacial score (nSPS) is 10.7. The van der Waals surface area contributed by atoms with Crippen LogP contribution in [0.25, 0.3) is 11.1 Å². The zero-order valence-corrected chi connectivity index (χ0v) is 10.9. The van der Waals surface area contributed by atoms with Gasteiger partial charge in [0.2, 0.25) is 0 Å². The molecule has 2 rings (SSSR count). The smallest absolute Gasteiger partial charge is 0.165 e. The van der Waals surface area contributed by atoms with Gasteiger partial charge in [0.25, 0.3) is 0 Å². The molecule has 6 heteroatoms. The third-order valence-corrected chi connectivity index (χ3v) is 2.87. The molecule has 0 atom stereocenters. The number of methoxy groups -OCH3 is 2. The van der Waals surface area contributed by atoms with Crippen LogP contribution in [0.1, 0.15) is 5.69 Å². The van der Waals surface area contributed by atoms with E-state index in [-0.39, 0.29) is 5.75 Å². The van der Waals surface area contributed by atoms with Crippen LogP contribution in [0.5, 0.6) is 5.75 Å². The number of rotatable bonds is 5. The topological polar surface area (TPSA) is 73.2 Å². The maximum absolute atomic E-state index is 13.7. The first kappa shape index (κ1) is 13.4. The predicted octanol–water partition coefficient (Wildman–Crippen LogP) is 2.00. The Morgan fingerprint density at radius 3 is 2.79 bits per heavy atom. The third kappa shape index (κ3) is 2.68. The lowest BCUT2D eigenvalue weighted by Crippen LogP contribution is -1.98. The van der Waals surface area contributed by atoms with Crippen molar-refractivity contribution in [2.24, 2.45) is 0 Å². The van der Waals surface area contributed by atoms with E-state index in [1.807, 2.05) is 0 Å². The number of nitrogen functional groups attached to an aromatic ring is 1. The van der Waals surface area contributed by atoms with Crippen molar-refractivity contribution >= 4 is 5.82 Å². The molecule has 0 saturated carbocycles. The van der Waals surface area contributed by atoms with Gasteiger partial charge in [-0.05, 0) is 17.7 Å². The number of aromatic nitrogens is 2. The average Bonchev–Trinajstić information content (AvgIpc) is 2.77. The summed E-state index contributed by atoms with van der Waals surface area (Å²) in [6.45, 7) is 0.535. The highest BCUT2D eigenvalue weighted by molar-refractivity contribution is 5.76. The summed E-state index contributed by atoms with van der Waals surface area (Å²) in [6.07, 6.45) is 0.629. The molecule has 0 aliphatic rings. The van der Waals surface area contributed by atoms with Crippen molar-refractivity contribution in [2.75, 3.05) is 26.6 Å². The van der Waals surface area contributed by atoms with E-state index >= 15 is 0 Å². The summed E-state index contributed by atoms with van der Waals surface area (Å²) in [7, 11) is 3.04. The summed E-state index contributed by atoms with van der Waals surface area (Å²) in [6, 6.07) is 4.70.